The minimum Gasteiger partial charge on any atom is -0.426 e. The van der Waals surface area contributed by atoms with Gasteiger partial charge in [-0.2, -0.15) is 0 Å². The van der Waals surface area contributed by atoms with Crippen molar-refractivity contribution in [1.29, 1.82) is 0 Å². The van der Waals surface area contributed by atoms with Crippen molar-refractivity contribution in [2.45, 2.75) is 51.0 Å². The maximum absolute atomic E-state index is 12.8. The number of aromatic nitrogens is 4. The second-order valence-corrected chi connectivity index (χ2v) is 11.0. The number of nitrogens with zero attached hydrogens (tertiary/aromatic N) is 4. The Kier molecular flexibility index (Phi) is 15.2. The van der Waals surface area contributed by atoms with Gasteiger partial charge in [-0.25, -0.2) is 15.9 Å². The normalized spacial score (nSPS) is 12.6. The first-order valence-electron chi connectivity index (χ1n) is 15.1. The number of rotatable bonds is 15. The molecule has 0 aliphatic carbocycles. The van der Waals surface area contributed by atoms with E-state index in [0.717, 1.165) is 11.1 Å². The van der Waals surface area contributed by atoms with E-state index >= 15 is 0 Å². The highest BCUT2D eigenvalue weighted by molar-refractivity contribution is 6.43. The van der Waals surface area contributed by atoms with Crippen LogP contribution in [0.25, 0.3) is 0 Å². The third-order valence-corrected chi connectivity index (χ3v) is 6.97. The van der Waals surface area contributed by atoms with Gasteiger partial charge in [0.05, 0.1) is 30.9 Å². The summed E-state index contributed by atoms with van der Waals surface area (Å²) in [5, 5.41) is 24.5. The predicted molar refractivity (Wildman–Crippen MR) is 175 cm³/mol. The summed E-state index contributed by atoms with van der Waals surface area (Å²) in [6, 6.07) is 17.9. The van der Waals surface area contributed by atoms with Gasteiger partial charge in [-0.15, -0.1) is 0 Å². The summed E-state index contributed by atoms with van der Waals surface area (Å²) in [7, 11) is -1.69. The van der Waals surface area contributed by atoms with E-state index in [-0.39, 0.29) is 29.7 Å². The Morgan fingerprint density at radius 2 is 1.45 bits per heavy atom. The molecule has 3 atom stereocenters. The van der Waals surface area contributed by atoms with Gasteiger partial charge < -0.3 is 25.5 Å². The third-order valence-electron chi connectivity index (χ3n) is 6.97. The maximum Gasteiger partial charge on any atom is 0.475 e. The molecule has 2 amide bonds. The second-order valence-electron chi connectivity index (χ2n) is 11.0. The molecule has 0 saturated heterocycles. The van der Waals surface area contributed by atoms with Gasteiger partial charge in [0.15, 0.2) is 5.78 Å². The van der Waals surface area contributed by atoms with Crippen molar-refractivity contribution >= 4 is 24.7 Å². The molecule has 0 fully saturated rings. The van der Waals surface area contributed by atoms with Gasteiger partial charge in [0, 0.05) is 31.2 Å². The van der Waals surface area contributed by atoms with Crippen LogP contribution >= 0.6 is 0 Å². The monoisotopic (exact) mass is 641 g/mol. The van der Waals surface area contributed by atoms with Crippen LogP contribution in [0.5, 0.6) is 0 Å². The van der Waals surface area contributed by atoms with Crippen LogP contribution in [0, 0.1) is 5.92 Å². The van der Waals surface area contributed by atoms with Crippen molar-refractivity contribution in [3.8, 4) is 0 Å². The standard InChI is InChI=1S/C19H25BN4O4.C14H15N3O2/c1-13(2)10-17(20(27)28)24-18(25)15(11-14-6-4-3-5-7-14)23-19(26)16-12-21-8-9-22-16;15-19-9-6-12(11-4-2-1-3-5-11)14(18)13-10-16-7-8-17-13/h3-9,12-13,15,17,27-28H,10-11H2,1-2H3,(H,23,26)(H,24,25);1-5,7-8,10,12H,6,9,15H2/t15-,17-;12-/m00/s1. The Labute approximate surface area is 274 Å². The van der Waals surface area contributed by atoms with E-state index in [1.807, 2.05) is 74.5 Å². The topological polar surface area (TPSA) is 203 Å². The average Bonchev–Trinajstić information content (AvgIpc) is 3.09. The first kappa shape index (κ1) is 36.6. The molecule has 14 heteroatoms. The molecule has 4 rings (SSSR count). The third kappa shape index (κ3) is 12.4. The molecule has 0 unspecified atom stereocenters. The van der Waals surface area contributed by atoms with Crippen molar-refractivity contribution in [3.63, 3.8) is 0 Å². The number of Topliss-reactive ketones (excluding diaryl/α,β-unsaturated/α-hetero) is 1. The molecular weight excluding hydrogens is 601 g/mol. The Bertz CT molecular complexity index is 1500. The summed E-state index contributed by atoms with van der Waals surface area (Å²) in [6.45, 7) is 4.14. The molecule has 0 aliphatic rings. The van der Waals surface area contributed by atoms with E-state index in [1.165, 1.54) is 37.2 Å². The summed E-state index contributed by atoms with van der Waals surface area (Å²) in [4.78, 5) is 58.1. The number of amides is 2. The van der Waals surface area contributed by atoms with Gasteiger partial charge in [0.1, 0.15) is 17.4 Å². The smallest absolute Gasteiger partial charge is 0.426 e. The minimum atomic E-state index is -1.69. The Morgan fingerprint density at radius 1 is 0.851 bits per heavy atom. The highest BCUT2D eigenvalue weighted by Gasteiger charge is 2.30. The fraction of sp³-hybridized carbons (Fsp3) is 0.303. The SMILES string of the molecule is CC(C)C[C@H](NC(=O)[C@H](Cc1ccccc1)NC(=O)c1cnccn1)B(O)O.NOCC[C@H](C(=O)c1cnccn1)c1ccccc1. The fourth-order valence-electron chi connectivity index (χ4n) is 4.68. The molecule has 0 saturated carbocycles. The summed E-state index contributed by atoms with van der Waals surface area (Å²) in [5.74, 6) is 2.94. The van der Waals surface area contributed by atoms with Gasteiger partial charge >= 0.3 is 7.12 Å². The Balaban J connectivity index is 0.000000274. The molecule has 0 aliphatic heterocycles. The molecular formula is C33H40BN7O6. The van der Waals surface area contributed by atoms with Gasteiger partial charge in [-0.1, -0.05) is 74.5 Å². The van der Waals surface area contributed by atoms with E-state index in [2.05, 4.69) is 35.4 Å². The summed E-state index contributed by atoms with van der Waals surface area (Å²) >= 11 is 0. The molecule has 6 N–H and O–H groups in total. The molecule has 0 bridgehead atoms. The lowest BCUT2D eigenvalue weighted by molar-refractivity contribution is -0.123. The van der Waals surface area contributed by atoms with Crippen molar-refractivity contribution in [2.75, 3.05) is 6.61 Å². The van der Waals surface area contributed by atoms with Crippen LogP contribution in [0.4, 0.5) is 0 Å². The Hall–Kier alpha value is -4.89. The predicted octanol–water partition coefficient (Wildman–Crippen LogP) is 2.08. The van der Waals surface area contributed by atoms with Gasteiger partial charge in [0.2, 0.25) is 5.91 Å². The number of carbonyl (C=O) groups is 3. The van der Waals surface area contributed by atoms with Gasteiger partial charge in [-0.05, 0) is 29.9 Å². The van der Waals surface area contributed by atoms with Crippen LogP contribution < -0.4 is 16.5 Å². The summed E-state index contributed by atoms with van der Waals surface area (Å²) in [6.07, 6.45) is 9.82. The van der Waals surface area contributed by atoms with Gasteiger partial charge in [0.25, 0.3) is 5.91 Å². The van der Waals surface area contributed by atoms with Crippen molar-refractivity contribution in [2.24, 2.45) is 11.8 Å². The zero-order valence-electron chi connectivity index (χ0n) is 26.3. The number of hydrogen-bond donors (Lipinski definition) is 5. The van der Waals surface area contributed by atoms with E-state index in [9.17, 15) is 24.4 Å². The largest absolute Gasteiger partial charge is 0.475 e. The van der Waals surface area contributed by atoms with E-state index in [0.29, 0.717) is 25.1 Å². The van der Waals surface area contributed by atoms with Crippen LogP contribution in [0.3, 0.4) is 0 Å². The molecule has 0 radical (unpaired) electrons. The van der Waals surface area contributed by atoms with Crippen LogP contribution in [0.2, 0.25) is 0 Å². The lowest BCUT2D eigenvalue weighted by Crippen LogP contribution is -2.55. The number of nitrogens with one attached hydrogen (secondary N) is 2. The number of hydrogen-bond acceptors (Lipinski definition) is 11. The van der Waals surface area contributed by atoms with E-state index < -0.39 is 30.9 Å². The van der Waals surface area contributed by atoms with Crippen molar-refractivity contribution < 1.29 is 29.3 Å². The summed E-state index contributed by atoms with van der Waals surface area (Å²) < 4.78 is 0. The highest BCUT2D eigenvalue weighted by Crippen LogP contribution is 2.23. The lowest BCUT2D eigenvalue weighted by Gasteiger charge is -2.24. The maximum atomic E-state index is 12.8. The molecule has 47 heavy (non-hydrogen) atoms. The molecule has 4 aromatic rings. The van der Waals surface area contributed by atoms with Crippen LogP contribution in [-0.4, -0.2) is 73.3 Å². The molecule has 0 spiro atoms. The summed E-state index contributed by atoms with van der Waals surface area (Å²) in [5.41, 5.74) is 2.23. The molecule has 2 heterocycles. The zero-order valence-corrected chi connectivity index (χ0v) is 26.3. The molecule has 2 aromatic carbocycles. The second kappa shape index (κ2) is 19.6. The molecule has 13 nitrogen and oxygen atoms in total. The first-order chi connectivity index (χ1) is 22.7. The van der Waals surface area contributed by atoms with Gasteiger partial charge in [-0.3, -0.25) is 24.4 Å². The van der Waals surface area contributed by atoms with Crippen LogP contribution in [-0.2, 0) is 16.1 Å². The lowest BCUT2D eigenvalue weighted by atomic mass is 9.75. The number of ketones is 1. The zero-order chi connectivity index (χ0) is 34.0. The average molecular weight is 642 g/mol. The van der Waals surface area contributed by atoms with E-state index in [4.69, 9.17) is 5.90 Å². The quantitative estimate of drug-likeness (QED) is 0.0723. The van der Waals surface area contributed by atoms with Crippen LogP contribution in [0.1, 0.15) is 64.7 Å². The minimum absolute atomic E-state index is 0.0728. The molecule has 246 valence electrons. The Morgan fingerprint density at radius 3 is 1.98 bits per heavy atom. The highest BCUT2D eigenvalue weighted by atomic mass is 16.6. The fourth-order valence-corrected chi connectivity index (χ4v) is 4.68. The van der Waals surface area contributed by atoms with Crippen molar-refractivity contribution in [3.05, 3.63) is 120 Å². The van der Waals surface area contributed by atoms with E-state index in [1.54, 1.807) is 0 Å². The number of nitrogens with two attached hydrogens (primary N) is 1. The number of benzene rings is 2. The molecule has 2 aromatic heterocycles. The van der Waals surface area contributed by atoms with Crippen molar-refractivity contribution in [1.82, 2.24) is 30.6 Å². The number of carbonyl (C=O) groups excluding carboxylic acids is 3. The first-order valence-corrected chi connectivity index (χ1v) is 15.1. The van der Waals surface area contributed by atoms with Crippen LogP contribution in [0.15, 0.2) is 97.8 Å².